The van der Waals surface area contributed by atoms with Gasteiger partial charge in [-0.1, -0.05) is 61.9 Å². The Hall–Kier alpha value is -2.42. The highest BCUT2D eigenvalue weighted by Gasteiger charge is 2.25. The Bertz CT molecular complexity index is 645. The smallest absolute Gasteiger partial charge is 0.251 e. The van der Waals surface area contributed by atoms with Gasteiger partial charge in [0.25, 0.3) is 5.91 Å². The maximum absolute atomic E-state index is 12.6. The van der Waals surface area contributed by atoms with Crippen LogP contribution in [0.5, 0.6) is 0 Å². The zero-order valence-corrected chi connectivity index (χ0v) is 13.2. The number of hydrogen-bond donors (Lipinski definition) is 1. The monoisotopic (exact) mass is 295 g/mol. The molecule has 0 spiro atoms. The maximum Gasteiger partial charge on any atom is 0.251 e. The molecule has 1 atom stereocenters. The van der Waals surface area contributed by atoms with Crippen LogP contribution < -0.4 is 5.32 Å². The largest absolute Gasteiger partial charge is 0.342 e. The van der Waals surface area contributed by atoms with E-state index in [2.05, 4.69) is 5.32 Å². The predicted octanol–water partition coefficient (Wildman–Crippen LogP) is 3.63. The summed E-state index contributed by atoms with van der Waals surface area (Å²) in [6.07, 6.45) is 0. The van der Waals surface area contributed by atoms with Crippen LogP contribution in [0.3, 0.4) is 0 Å². The molecule has 3 nitrogen and oxygen atoms in total. The van der Waals surface area contributed by atoms with Crippen molar-refractivity contribution in [2.45, 2.75) is 26.8 Å². The van der Waals surface area contributed by atoms with Gasteiger partial charge >= 0.3 is 0 Å². The molecule has 0 radical (unpaired) electrons. The Morgan fingerprint density at radius 3 is 2.00 bits per heavy atom. The zero-order valence-electron chi connectivity index (χ0n) is 13.2. The lowest BCUT2D eigenvalue weighted by atomic mass is 9.94. The molecule has 0 heterocycles. The first kappa shape index (κ1) is 16.0. The van der Waals surface area contributed by atoms with Gasteiger partial charge in [0, 0.05) is 11.1 Å². The molecule has 0 aliphatic heterocycles. The lowest BCUT2D eigenvalue weighted by molar-refractivity contribution is 0.0831. The number of carbonyl (C=O) groups is 2. The second-order valence-electron chi connectivity index (χ2n) is 5.79. The summed E-state index contributed by atoms with van der Waals surface area (Å²) in [6.45, 7) is 5.84. The van der Waals surface area contributed by atoms with E-state index in [4.69, 9.17) is 0 Å². The number of rotatable bonds is 5. The standard InChI is InChI=1S/C19H21NO2/c1-13(2)17(18(21)15-11-9-14(3)10-12-15)20-19(22)16-7-5-4-6-8-16/h4-13,17H,1-3H3,(H,20,22). The second-order valence-corrected chi connectivity index (χ2v) is 5.79. The molecule has 1 unspecified atom stereocenters. The van der Waals surface area contributed by atoms with E-state index in [9.17, 15) is 9.59 Å². The van der Waals surface area contributed by atoms with Crippen molar-refractivity contribution in [3.63, 3.8) is 0 Å². The van der Waals surface area contributed by atoms with Crippen LogP contribution in [0.25, 0.3) is 0 Å². The number of carbonyl (C=O) groups excluding carboxylic acids is 2. The summed E-state index contributed by atoms with van der Waals surface area (Å²) in [7, 11) is 0. The van der Waals surface area contributed by atoms with Crippen LogP contribution in [-0.4, -0.2) is 17.7 Å². The molecule has 2 aromatic rings. The van der Waals surface area contributed by atoms with E-state index in [1.807, 2.05) is 51.1 Å². The van der Waals surface area contributed by atoms with Crippen LogP contribution in [-0.2, 0) is 0 Å². The fraction of sp³-hybridized carbons (Fsp3) is 0.263. The first-order chi connectivity index (χ1) is 10.5. The predicted molar refractivity (Wildman–Crippen MR) is 88.0 cm³/mol. The molecule has 0 aliphatic rings. The molecule has 0 fully saturated rings. The molecule has 0 aromatic heterocycles. The Balaban J connectivity index is 2.18. The van der Waals surface area contributed by atoms with E-state index in [1.54, 1.807) is 24.3 Å². The highest BCUT2D eigenvalue weighted by atomic mass is 16.2. The maximum atomic E-state index is 12.6. The summed E-state index contributed by atoms with van der Waals surface area (Å²) in [6, 6.07) is 15.8. The first-order valence-corrected chi connectivity index (χ1v) is 7.46. The summed E-state index contributed by atoms with van der Waals surface area (Å²) in [4.78, 5) is 24.9. The highest BCUT2D eigenvalue weighted by Crippen LogP contribution is 2.13. The molecular weight excluding hydrogens is 274 g/mol. The van der Waals surface area contributed by atoms with Crippen LogP contribution in [0.4, 0.5) is 0 Å². The van der Waals surface area contributed by atoms with Crippen molar-refractivity contribution in [2.24, 2.45) is 5.92 Å². The summed E-state index contributed by atoms with van der Waals surface area (Å²) in [5, 5.41) is 2.86. The Labute approximate surface area is 131 Å². The Morgan fingerprint density at radius 2 is 1.45 bits per heavy atom. The number of aryl methyl sites for hydroxylation is 1. The van der Waals surface area contributed by atoms with E-state index in [1.165, 1.54) is 0 Å². The van der Waals surface area contributed by atoms with E-state index in [-0.39, 0.29) is 17.6 Å². The van der Waals surface area contributed by atoms with Crippen LogP contribution in [0.1, 0.15) is 40.1 Å². The quantitative estimate of drug-likeness (QED) is 0.856. The van der Waals surface area contributed by atoms with Gasteiger partial charge in [-0.2, -0.15) is 0 Å². The number of nitrogens with one attached hydrogen (secondary N) is 1. The average Bonchev–Trinajstić information content (AvgIpc) is 2.53. The number of benzene rings is 2. The van der Waals surface area contributed by atoms with E-state index in [0.717, 1.165) is 5.56 Å². The molecule has 0 saturated heterocycles. The summed E-state index contributed by atoms with van der Waals surface area (Å²) in [5.74, 6) is -0.263. The minimum Gasteiger partial charge on any atom is -0.342 e. The van der Waals surface area contributed by atoms with Crippen LogP contribution in [0.2, 0.25) is 0 Å². The van der Waals surface area contributed by atoms with Crippen molar-refractivity contribution in [3.05, 3.63) is 71.3 Å². The second kappa shape index (κ2) is 7.03. The first-order valence-electron chi connectivity index (χ1n) is 7.46. The molecule has 1 N–H and O–H groups in total. The van der Waals surface area contributed by atoms with E-state index in [0.29, 0.717) is 11.1 Å². The lowest BCUT2D eigenvalue weighted by Crippen LogP contribution is -2.44. The topological polar surface area (TPSA) is 46.2 Å². The third-order valence-electron chi connectivity index (χ3n) is 3.61. The normalized spacial score (nSPS) is 12.0. The van der Waals surface area contributed by atoms with Crippen LogP contribution in [0.15, 0.2) is 54.6 Å². The average molecular weight is 295 g/mol. The van der Waals surface area contributed by atoms with Crippen molar-refractivity contribution < 1.29 is 9.59 Å². The third-order valence-corrected chi connectivity index (χ3v) is 3.61. The number of Topliss-reactive ketones (excluding diaryl/α,β-unsaturated/α-hetero) is 1. The van der Waals surface area contributed by atoms with Gasteiger partial charge in [-0.25, -0.2) is 0 Å². The fourth-order valence-electron chi connectivity index (χ4n) is 2.25. The molecule has 2 rings (SSSR count). The SMILES string of the molecule is Cc1ccc(C(=O)C(NC(=O)c2ccccc2)C(C)C)cc1. The molecule has 0 aliphatic carbocycles. The molecule has 2 aromatic carbocycles. The number of ketones is 1. The minimum atomic E-state index is -0.532. The van der Waals surface area contributed by atoms with Gasteiger partial charge < -0.3 is 5.32 Å². The van der Waals surface area contributed by atoms with Gasteiger partial charge in [-0.05, 0) is 25.0 Å². The molecule has 1 amide bonds. The van der Waals surface area contributed by atoms with E-state index >= 15 is 0 Å². The number of hydrogen-bond acceptors (Lipinski definition) is 2. The highest BCUT2D eigenvalue weighted by molar-refractivity contribution is 6.04. The zero-order chi connectivity index (χ0) is 16.1. The molecule has 22 heavy (non-hydrogen) atoms. The van der Waals surface area contributed by atoms with Gasteiger partial charge in [0.15, 0.2) is 5.78 Å². The van der Waals surface area contributed by atoms with Gasteiger partial charge in [-0.15, -0.1) is 0 Å². The van der Waals surface area contributed by atoms with Gasteiger partial charge in [0.2, 0.25) is 0 Å². The minimum absolute atomic E-state index is 0.0152. The summed E-state index contributed by atoms with van der Waals surface area (Å²) < 4.78 is 0. The van der Waals surface area contributed by atoms with Gasteiger partial charge in [-0.3, -0.25) is 9.59 Å². The lowest BCUT2D eigenvalue weighted by Gasteiger charge is -2.21. The molecule has 0 bridgehead atoms. The van der Waals surface area contributed by atoms with Crippen LogP contribution >= 0.6 is 0 Å². The van der Waals surface area contributed by atoms with Gasteiger partial charge in [0.05, 0.1) is 6.04 Å². The Morgan fingerprint density at radius 1 is 0.864 bits per heavy atom. The molecule has 114 valence electrons. The summed E-state index contributed by atoms with van der Waals surface area (Å²) >= 11 is 0. The van der Waals surface area contributed by atoms with Crippen molar-refractivity contribution in [1.82, 2.24) is 5.32 Å². The van der Waals surface area contributed by atoms with E-state index < -0.39 is 6.04 Å². The molecular formula is C19H21NO2. The van der Waals surface area contributed by atoms with Crippen molar-refractivity contribution in [2.75, 3.05) is 0 Å². The molecule has 3 heteroatoms. The Kier molecular flexibility index (Phi) is 5.10. The van der Waals surface area contributed by atoms with Crippen molar-refractivity contribution in [1.29, 1.82) is 0 Å². The third kappa shape index (κ3) is 3.82. The fourth-order valence-corrected chi connectivity index (χ4v) is 2.25. The van der Waals surface area contributed by atoms with Crippen molar-refractivity contribution >= 4 is 11.7 Å². The number of amides is 1. The summed E-state index contributed by atoms with van der Waals surface area (Å²) in [5.41, 5.74) is 2.29. The molecule has 0 saturated carbocycles. The van der Waals surface area contributed by atoms with Gasteiger partial charge in [0.1, 0.15) is 0 Å². The van der Waals surface area contributed by atoms with Crippen molar-refractivity contribution in [3.8, 4) is 0 Å². The van der Waals surface area contributed by atoms with Crippen LogP contribution in [0, 0.1) is 12.8 Å².